The molecule has 1 aliphatic heterocycles. The molecule has 1 aliphatic rings. The summed E-state index contributed by atoms with van der Waals surface area (Å²) in [6, 6.07) is 4.22. The maximum absolute atomic E-state index is 13.6. The Morgan fingerprint density at radius 3 is 2.38 bits per heavy atom. The number of likely N-dealkylation sites (tertiary alicyclic amines) is 1. The summed E-state index contributed by atoms with van der Waals surface area (Å²) in [6.45, 7) is 5.27. The molecule has 1 aromatic carbocycles. The van der Waals surface area contributed by atoms with Crippen LogP contribution in [0.25, 0.3) is 0 Å². The highest BCUT2D eigenvalue weighted by Gasteiger charge is 2.22. The molecule has 1 heterocycles. The van der Waals surface area contributed by atoms with Crippen molar-refractivity contribution in [3.8, 4) is 0 Å². The third kappa shape index (κ3) is 4.94. The lowest BCUT2D eigenvalue weighted by Gasteiger charge is -2.32. The van der Waals surface area contributed by atoms with Gasteiger partial charge in [-0.2, -0.15) is 0 Å². The minimum Gasteiger partial charge on any atom is -0.303 e. The van der Waals surface area contributed by atoms with E-state index in [1.54, 1.807) is 6.07 Å². The van der Waals surface area contributed by atoms with Crippen molar-refractivity contribution in [1.29, 1.82) is 0 Å². The van der Waals surface area contributed by atoms with Crippen LogP contribution in [0.1, 0.15) is 37.7 Å². The summed E-state index contributed by atoms with van der Waals surface area (Å²) < 4.78 is 36.8. The Labute approximate surface area is 132 Å². The van der Waals surface area contributed by atoms with Gasteiger partial charge in [0.1, 0.15) is 5.82 Å². The number of nitrogens with zero attached hydrogens (tertiary/aromatic N) is 1. The lowest BCUT2D eigenvalue weighted by Crippen LogP contribution is -2.33. The molecule has 0 bridgehead atoms. The van der Waals surface area contributed by atoms with E-state index in [9.17, 15) is 12.8 Å². The average molecular weight is 336 g/mol. The fourth-order valence-electron chi connectivity index (χ4n) is 2.84. The summed E-state index contributed by atoms with van der Waals surface area (Å²) in [7, 11) is -3.36. The molecule has 0 unspecified atom stereocenters. The van der Waals surface area contributed by atoms with Gasteiger partial charge >= 0.3 is 0 Å². The van der Waals surface area contributed by atoms with Crippen LogP contribution in [0.5, 0.6) is 0 Å². The third-order valence-corrected chi connectivity index (χ3v) is 5.01. The van der Waals surface area contributed by atoms with Crippen molar-refractivity contribution < 1.29 is 12.8 Å². The SMILES string of the molecule is CCCN1CCC(c2cc(F)cc(S(C)(=O)=O)c2)CC1.Cl. The highest BCUT2D eigenvalue weighted by atomic mass is 35.5. The molecule has 6 heteroatoms. The van der Waals surface area contributed by atoms with E-state index in [2.05, 4.69) is 11.8 Å². The largest absolute Gasteiger partial charge is 0.303 e. The quantitative estimate of drug-likeness (QED) is 0.847. The van der Waals surface area contributed by atoms with E-state index in [1.807, 2.05) is 0 Å². The first kappa shape index (κ1) is 18.4. The molecule has 3 nitrogen and oxygen atoms in total. The van der Waals surface area contributed by atoms with Crippen molar-refractivity contribution in [3.63, 3.8) is 0 Å². The molecule has 1 fully saturated rings. The van der Waals surface area contributed by atoms with Crippen LogP contribution in [0.4, 0.5) is 4.39 Å². The zero-order chi connectivity index (χ0) is 14.8. The summed E-state index contributed by atoms with van der Waals surface area (Å²) in [5.41, 5.74) is 0.821. The second-order valence-corrected chi connectivity index (χ2v) is 7.62. The summed E-state index contributed by atoms with van der Waals surface area (Å²) in [4.78, 5) is 2.50. The first-order valence-corrected chi connectivity index (χ1v) is 9.02. The fourth-order valence-corrected chi connectivity index (χ4v) is 3.52. The highest BCUT2D eigenvalue weighted by Crippen LogP contribution is 2.30. The van der Waals surface area contributed by atoms with Crippen molar-refractivity contribution in [3.05, 3.63) is 29.6 Å². The Hall–Kier alpha value is -0.650. The van der Waals surface area contributed by atoms with E-state index in [-0.39, 0.29) is 23.2 Å². The number of sulfone groups is 1. The van der Waals surface area contributed by atoms with Gasteiger partial charge in [0.05, 0.1) is 4.90 Å². The molecule has 0 saturated carbocycles. The lowest BCUT2D eigenvalue weighted by atomic mass is 9.89. The molecule has 0 aliphatic carbocycles. The number of hydrogen-bond donors (Lipinski definition) is 0. The standard InChI is InChI=1S/C15H22FNO2S.ClH/c1-3-6-17-7-4-12(5-8-17)13-9-14(16)11-15(10-13)20(2,18)19;/h9-12H,3-8H2,1-2H3;1H. The van der Waals surface area contributed by atoms with Gasteiger partial charge in [0, 0.05) is 6.26 Å². The molecule has 0 N–H and O–H groups in total. The Bertz CT molecular complexity index is 569. The number of halogens is 2. The van der Waals surface area contributed by atoms with E-state index in [0.717, 1.165) is 56.8 Å². The Balaban J connectivity index is 0.00000220. The molecular weight excluding hydrogens is 313 g/mol. The van der Waals surface area contributed by atoms with Crippen molar-refractivity contribution in [2.75, 3.05) is 25.9 Å². The van der Waals surface area contributed by atoms with Crippen LogP contribution in [0, 0.1) is 5.82 Å². The van der Waals surface area contributed by atoms with Crippen molar-refractivity contribution in [2.24, 2.45) is 0 Å². The minimum absolute atomic E-state index is 0. The van der Waals surface area contributed by atoms with Gasteiger partial charge in [0.2, 0.25) is 0 Å². The molecule has 2 rings (SSSR count). The molecule has 0 atom stereocenters. The third-order valence-electron chi connectivity index (χ3n) is 3.92. The predicted octanol–water partition coefficient (Wildman–Crippen LogP) is 3.24. The second-order valence-electron chi connectivity index (χ2n) is 5.61. The van der Waals surface area contributed by atoms with E-state index in [0.29, 0.717) is 0 Å². The molecule has 1 aromatic rings. The predicted molar refractivity (Wildman–Crippen MR) is 85.5 cm³/mol. The Kier molecular flexibility index (Phi) is 6.63. The normalized spacial score (nSPS) is 17.5. The van der Waals surface area contributed by atoms with E-state index in [4.69, 9.17) is 0 Å². The van der Waals surface area contributed by atoms with Crippen LogP contribution in [0.3, 0.4) is 0 Å². The zero-order valence-electron chi connectivity index (χ0n) is 12.5. The average Bonchev–Trinajstić information content (AvgIpc) is 2.38. The first-order valence-electron chi connectivity index (χ1n) is 7.13. The summed E-state index contributed by atoms with van der Waals surface area (Å²) >= 11 is 0. The van der Waals surface area contributed by atoms with Crippen LogP contribution < -0.4 is 0 Å². The van der Waals surface area contributed by atoms with Crippen molar-refractivity contribution >= 4 is 22.2 Å². The molecule has 0 aromatic heterocycles. The second kappa shape index (κ2) is 7.56. The number of piperidine rings is 1. The summed E-state index contributed by atoms with van der Waals surface area (Å²) in [6.07, 6.45) is 4.19. The molecule has 120 valence electrons. The maximum atomic E-state index is 13.6. The van der Waals surface area contributed by atoms with Crippen LogP contribution >= 0.6 is 12.4 Å². The van der Waals surface area contributed by atoms with E-state index < -0.39 is 15.7 Å². The van der Waals surface area contributed by atoms with Crippen LogP contribution in [0.2, 0.25) is 0 Å². The van der Waals surface area contributed by atoms with E-state index in [1.165, 1.54) is 6.07 Å². The lowest BCUT2D eigenvalue weighted by molar-refractivity contribution is 0.212. The molecule has 1 saturated heterocycles. The van der Waals surface area contributed by atoms with Crippen LogP contribution in [-0.4, -0.2) is 39.2 Å². The summed E-state index contributed by atoms with van der Waals surface area (Å²) in [5, 5.41) is 0. The van der Waals surface area contributed by atoms with Gasteiger partial charge in [-0.05, 0) is 68.6 Å². The molecule has 0 amide bonds. The zero-order valence-corrected chi connectivity index (χ0v) is 14.1. The number of rotatable bonds is 4. The Morgan fingerprint density at radius 2 is 1.86 bits per heavy atom. The minimum atomic E-state index is -3.36. The first-order chi connectivity index (χ1) is 9.40. The fraction of sp³-hybridized carbons (Fsp3) is 0.600. The van der Waals surface area contributed by atoms with Gasteiger partial charge in [-0.15, -0.1) is 12.4 Å². The monoisotopic (exact) mass is 335 g/mol. The molecule has 21 heavy (non-hydrogen) atoms. The molecule has 0 spiro atoms. The van der Waals surface area contributed by atoms with Gasteiger partial charge in [0.15, 0.2) is 9.84 Å². The van der Waals surface area contributed by atoms with Crippen molar-refractivity contribution in [1.82, 2.24) is 4.90 Å². The van der Waals surface area contributed by atoms with E-state index >= 15 is 0 Å². The van der Waals surface area contributed by atoms with Gasteiger partial charge in [0.25, 0.3) is 0 Å². The smallest absolute Gasteiger partial charge is 0.175 e. The van der Waals surface area contributed by atoms with Crippen LogP contribution in [-0.2, 0) is 9.84 Å². The topological polar surface area (TPSA) is 37.4 Å². The van der Waals surface area contributed by atoms with Crippen LogP contribution in [0.15, 0.2) is 23.1 Å². The van der Waals surface area contributed by atoms with Gasteiger partial charge in [-0.3, -0.25) is 0 Å². The molecular formula is C15H23ClFNO2S. The van der Waals surface area contributed by atoms with Gasteiger partial charge in [-0.1, -0.05) is 6.92 Å². The van der Waals surface area contributed by atoms with Gasteiger partial charge < -0.3 is 4.90 Å². The number of benzene rings is 1. The number of hydrogen-bond acceptors (Lipinski definition) is 3. The highest BCUT2D eigenvalue weighted by molar-refractivity contribution is 7.90. The maximum Gasteiger partial charge on any atom is 0.175 e. The summed E-state index contributed by atoms with van der Waals surface area (Å²) in [5.74, 6) is -0.196. The Morgan fingerprint density at radius 1 is 1.24 bits per heavy atom. The van der Waals surface area contributed by atoms with Crippen molar-refractivity contribution in [2.45, 2.75) is 37.0 Å². The molecule has 0 radical (unpaired) electrons. The van der Waals surface area contributed by atoms with Gasteiger partial charge in [-0.25, -0.2) is 12.8 Å².